The number of carbonyl (C=O) groups is 1. The van der Waals surface area contributed by atoms with Crippen LogP contribution in [0.2, 0.25) is 0 Å². The Hall–Kier alpha value is -1.67. The van der Waals surface area contributed by atoms with Crippen LogP contribution in [0, 0.1) is 12.7 Å². The highest BCUT2D eigenvalue weighted by atomic mass is 32.2. The Balaban J connectivity index is 3.29. The third-order valence-electron chi connectivity index (χ3n) is 2.39. The fourth-order valence-electron chi connectivity index (χ4n) is 1.34. The van der Waals surface area contributed by atoms with E-state index in [1.165, 1.54) is 0 Å². The summed E-state index contributed by atoms with van der Waals surface area (Å²) >= 11 is 0. The van der Waals surface area contributed by atoms with E-state index in [9.17, 15) is 17.6 Å². The first-order chi connectivity index (χ1) is 8.16. The average molecular weight is 275 g/mol. The minimum absolute atomic E-state index is 0.155. The van der Waals surface area contributed by atoms with Crippen LogP contribution < -0.4 is 11.5 Å². The molecule has 1 aromatic carbocycles. The summed E-state index contributed by atoms with van der Waals surface area (Å²) < 4.78 is 38.3. The topological polar surface area (TPSA) is 106 Å². The molecule has 18 heavy (non-hydrogen) atoms. The molecule has 0 heterocycles. The van der Waals surface area contributed by atoms with Gasteiger partial charge in [0, 0.05) is 12.7 Å². The second-order valence-electron chi connectivity index (χ2n) is 3.87. The summed E-state index contributed by atoms with van der Waals surface area (Å²) in [6.45, 7) is 1.03. The summed E-state index contributed by atoms with van der Waals surface area (Å²) in [4.78, 5) is 10.1. The second-order valence-corrected chi connectivity index (χ2v) is 5.88. The van der Waals surface area contributed by atoms with Gasteiger partial charge in [-0.3, -0.25) is 4.79 Å². The molecule has 0 unspecified atom stereocenters. The molecule has 0 aromatic heterocycles. The highest BCUT2D eigenvalue weighted by Gasteiger charge is 2.26. The maximum absolute atomic E-state index is 13.6. The van der Waals surface area contributed by atoms with Gasteiger partial charge in [0.25, 0.3) is 0 Å². The highest BCUT2D eigenvalue weighted by molar-refractivity contribution is 7.89. The molecule has 4 N–H and O–H groups in total. The fourth-order valence-corrected chi connectivity index (χ4v) is 2.55. The molecular weight excluding hydrogens is 261 g/mol. The summed E-state index contributed by atoms with van der Waals surface area (Å²) in [5.41, 5.74) is 11.0. The molecule has 100 valence electrons. The molecule has 8 heteroatoms. The Morgan fingerprint density at radius 1 is 1.44 bits per heavy atom. The minimum Gasteiger partial charge on any atom is -0.398 e. The number of aryl methyl sites for hydroxylation is 1. The fraction of sp³-hybridized carbons (Fsp3) is 0.300. The van der Waals surface area contributed by atoms with Crippen LogP contribution in [0.3, 0.4) is 0 Å². The number of sulfonamides is 1. The molecule has 0 saturated carbocycles. The number of carbonyl (C=O) groups excluding carboxylic acids is 1. The Morgan fingerprint density at radius 3 is 2.50 bits per heavy atom. The maximum atomic E-state index is 13.6. The van der Waals surface area contributed by atoms with E-state index in [0.717, 1.165) is 19.2 Å². The number of halogens is 1. The van der Waals surface area contributed by atoms with Crippen molar-refractivity contribution in [1.29, 1.82) is 0 Å². The number of hydrogen-bond acceptors (Lipinski definition) is 4. The number of primary amides is 1. The predicted molar refractivity (Wildman–Crippen MR) is 64.6 cm³/mol. The number of rotatable bonds is 4. The first-order valence-electron chi connectivity index (χ1n) is 4.96. The molecule has 0 atom stereocenters. The van der Waals surface area contributed by atoms with E-state index in [2.05, 4.69) is 0 Å². The molecule has 0 radical (unpaired) electrons. The quantitative estimate of drug-likeness (QED) is 0.743. The number of hydrogen-bond donors (Lipinski definition) is 2. The third-order valence-corrected chi connectivity index (χ3v) is 4.21. The first-order valence-corrected chi connectivity index (χ1v) is 6.40. The van der Waals surface area contributed by atoms with Crippen molar-refractivity contribution >= 4 is 21.6 Å². The summed E-state index contributed by atoms with van der Waals surface area (Å²) in [5, 5.41) is 0. The van der Waals surface area contributed by atoms with Crippen molar-refractivity contribution < 1.29 is 17.6 Å². The third kappa shape index (κ3) is 2.77. The monoisotopic (exact) mass is 275 g/mol. The van der Waals surface area contributed by atoms with Gasteiger partial charge in [-0.05, 0) is 24.6 Å². The van der Waals surface area contributed by atoms with Crippen molar-refractivity contribution in [3.63, 3.8) is 0 Å². The van der Waals surface area contributed by atoms with E-state index >= 15 is 0 Å². The van der Waals surface area contributed by atoms with E-state index in [1.807, 2.05) is 0 Å². The number of nitrogen functional groups attached to an aromatic ring is 1. The van der Waals surface area contributed by atoms with Crippen LogP contribution in [0.25, 0.3) is 0 Å². The van der Waals surface area contributed by atoms with E-state index in [0.29, 0.717) is 9.87 Å². The molecule has 0 aliphatic heterocycles. The van der Waals surface area contributed by atoms with Crippen LogP contribution in [0.5, 0.6) is 0 Å². The van der Waals surface area contributed by atoms with E-state index in [1.54, 1.807) is 6.92 Å². The molecule has 0 bridgehead atoms. The Kier molecular flexibility index (Phi) is 3.92. The number of benzene rings is 1. The maximum Gasteiger partial charge on any atom is 0.246 e. The van der Waals surface area contributed by atoms with E-state index < -0.39 is 33.2 Å². The van der Waals surface area contributed by atoms with Crippen LogP contribution in [0.1, 0.15) is 5.56 Å². The van der Waals surface area contributed by atoms with Crippen molar-refractivity contribution in [2.75, 3.05) is 19.3 Å². The summed E-state index contributed by atoms with van der Waals surface area (Å²) in [7, 11) is -2.99. The smallest absolute Gasteiger partial charge is 0.246 e. The first kappa shape index (κ1) is 14.4. The van der Waals surface area contributed by atoms with Gasteiger partial charge in [0.1, 0.15) is 10.7 Å². The number of amides is 1. The molecule has 6 nitrogen and oxygen atoms in total. The van der Waals surface area contributed by atoms with Crippen LogP contribution in [-0.4, -0.2) is 32.2 Å². The summed E-state index contributed by atoms with van der Waals surface area (Å²) in [5.74, 6) is -1.75. The van der Waals surface area contributed by atoms with Crippen molar-refractivity contribution in [1.82, 2.24) is 4.31 Å². The molecule has 0 aliphatic rings. The lowest BCUT2D eigenvalue weighted by atomic mass is 10.2. The van der Waals surface area contributed by atoms with Crippen molar-refractivity contribution in [2.24, 2.45) is 5.73 Å². The largest absolute Gasteiger partial charge is 0.398 e. The summed E-state index contributed by atoms with van der Waals surface area (Å²) in [6.07, 6.45) is 0. The van der Waals surface area contributed by atoms with Crippen molar-refractivity contribution in [2.45, 2.75) is 11.8 Å². The van der Waals surface area contributed by atoms with Gasteiger partial charge >= 0.3 is 0 Å². The van der Waals surface area contributed by atoms with Gasteiger partial charge in [0.15, 0.2) is 0 Å². The number of anilines is 1. The molecule has 1 rings (SSSR count). The Morgan fingerprint density at radius 2 is 2.00 bits per heavy atom. The van der Waals surface area contributed by atoms with Gasteiger partial charge in [-0.1, -0.05) is 0 Å². The average Bonchev–Trinajstić information content (AvgIpc) is 2.22. The zero-order valence-electron chi connectivity index (χ0n) is 9.97. The SMILES string of the molecule is Cc1cc(F)c(S(=O)(=O)N(C)CC(N)=O)cc1N. The molecule has 1 amide bonds. The minimum atomic E-state index is -4.13. The molecule has 0 fully saturated rings. The highest BCUT2D eigenvalue weighted by Crippen LogP contribution is 2.23. The number of nitrogens with zero attached hydrogens (tertiary/aromatic N) is 1. The Bertz CT molecular complexity index is 586. The predicted octanol–water partition coefficient (Wildman–Crippen LogP) is -0.178. The number of likely N-dealkylation sites (N-methyl/N-ethyl adjacent to an activating group) is 1. The van der Waals surface area contributed by atoms with Gasteiger partial charge in [-0.15, -0.1) is 0 Å². The van der Waals surface area contributed by atoms with Crippen LogP contribution in [0.4, 0.5) is 10.1 Å². The normalized spacial score (nSPS) is 11.8. The Labute approximate surface area is 104 Å². The van der Waals surface area contributed by atoms with Crippen molar-refractivity contribution in [3.05, 3.63) is 23.5 Å². The van der Waals surface area contributed by atoms with Crippen molar-refractivity contribution in [3.8, 4) is 0 Å². The van der Waals surface area contributed by atoms with Gasteiger partial charge < -0.3 is 11.5 Å². The lowest BCUT2D eigenvalue weighted by Gasteiger charge is -2.16. The van der Waals surface area contributed by atoms with E-state index in [4.69, 9.17) is 11.5 Å². The number of nitrogens with two attached hydrogens (primary N) is 2. The zero-order chi connectivity index (χ0) is 14.1. The molecule has 0 spiro atoms. The lowest BCUT2D eigenvalue weighted by molar-refractivity contribution is -0.118. The molecule has 0 aliphatic carbocycles. The van der Waals surface area contributed by atoms with Gasteiger partial charge in [-0.2, -0.15) is 4.31 Å². The van der Waals surface area contributed by atoms with Crippen LogP contribution in [0.15, 0.2) is 17.0 Å². The molecule has 0 saturated heterocycles. The van der Waals surface area contributed by atoms with Gasteiger partial charge in [0.2, 0.25) is 15.9 Å². The standard InChI is InChI=1S/C10H14FN3O3S/c1-6-3-7(11)9(4-8(6)12)18(16,17)14(2)5-10(13)15/h3-4H,5,12H2,1-2H3,(H2,13,15). The lowest BCUT2D eigenvalue weighted by Crippen LogP contribution is -2.35. The molecular formula is C10H14FN3O3S. The second kappa shape index (κ2) is 4.91. The van der Waals surface area contributed by atoms with Gasteiger partial charge in [0.05, 0.1) is 6.54 Å². The summed E-state index contributed by atoms with van der Waals surface area (Å²) in [6, 6.07) is 2.05. The zero-order valence-corrected chi connectivity index (χ0v) is 10.8. The van der Waals surface area contributed by atoms with Crippen LogP contribution >= 0.6 is 0 Å². The van der Waals surface area contributed by atoms with Crippen LogP contribution in [-0.2, 0) is 14.8 Å². The molecule has 1 aromatic rings. The van der Waals surface area contributed by atoms with Gasteiger partial charge in [-0.25, -0.2) is 12.8 Å². The van der Waals surface area contributed by atoms with E-state index in [-0.39, 0.29) is 5.69 Å².